The summed E-state index contributed by atoms with van der Waals surface area (Å²) in [4.78, 5) is 14.3. The molecule has 0 saturated heterocycles. The van der Waals surface area contributed by atoms with E-state index in [-0.39, 0.29) is 11.7 Å². The zero-order valence-electron chi connectivity index (χ0n) is 13.4. The second kappa shape index (κ2) is 7.13. The molecule has 2 aromatic rings. The van der Waals surface area contributed by atoms with E-state index in [0.717, 1.165) is 12.8 Å². The minimum atomic E-state index is -0.457. The first-order valence-corrected chi connectivity index (χ1v) is 8.87. The lowest BCUT2D eigenvalue weighted by Crippen LogP contribution is -2.19. The van der Waals surface area contributed by atoms with E-state index >= 15 is 0 Å². The van der Waals surface area contributed by atoms with Crippen LogP contribution in [0.2, 0.25) is 0 Å². The van der Waals surface area contributed by atoms with Gasteiger partial charge in [-0.3, -0.25) is 4.79 Å². The molecule has 1 aliphatic carbocycles. The van der Waals surface area contributed by atoms with Gasteiger partial charge < -0.3 is 5.11 Å². The number of fused-ring (bicyclic) bond motifs is 1. The molecule has 0 atom stereocenters. The molecule has 0 aliphatic heterocycles. The number of amides is 1. The second-order valence-electron chi connectivity index (χ2n) is 5.78. The number of hydrogen-bond donors (Lipinski definition) is 2. The number of nitrogens with zero attached hydrogens (tertiary/aromatic N) is 1. The Labute approximate surface area is 144 Å². The molecular weight excluding hydrogens is 327 g/mol. The Morgan fingerprint density at radius 1 is 1.33 bits per heavy atom. The summed E-state index contributed by atoms with van der Waals surface area (Å²) in [6, 6.07) is 5.62. The van der Waals surface area contributed by atoms with Gasteiger partial charge in [0.25, 0.3) is 5.91 Å². The molecule has 4 nitrogen and oxygen atoms in total. The first-order valence-electron chi connectivity index (χ1n) is 8.06. The predicted molar refractivity (Wildman–Crippen MR) is 93.3 cm³/mol. The van der Waals surface area contributed by atoms with Crippen molar-refractivity contribution < 1.29 is 14.3 Å². The summed E-state index contributed by atoms with van der Waals surface area (Å²) in [6.07, 6.45) is 4.86. The highest BCUT2D eigenvalue weighted by Gasteiger charge is 2.17. The van der Waals surface area contributed by atoms with Crippen LogP contribution in [0, 0.1) is 5.82 Å². The number of phenolic OH excluding ortho intramolecular Hbond substituents is 1. The van der Waals surface area contributed by atoms with Crippen LogP contribution in [0.15, 0.2) is 29.4 Å². The number of aryl methyl sites for hydroxylation is 2. The summed E-state index contributed by atoms with van der Waals surface area (Å²) in [7, 11) is 0. The lowest BCUT2D eigenvalue weighted by Gasteiger charge is -2.08. The fraction of sp³-hybridized carbons (Fsp3) is 0.333. The normalized spacial score (nSPS) is 14.3. The first kappa shape index (κ1) is 16.6. The molecule has 1 aromatic carbocycles. The van der Waals surface area contributed by atoms with Gasteiger partial charge in [-0.1, -0.05) is 6.92 Å². The largest absolute Gasteiger partial charge is 0.507 e. The Kier molecular flexibility index (Phi) is 4.94. The summed E-state index contributed by atoms with van der Waals surface area (Å²) < 4.78 is 13.4. The number of rotatable bonds is 4. The van der Waals surface area contributed by atoms with Crippen LogP contribution in [-0.2, 0) is 12.8 Å². The molecule has 0 bridgehead atoms. The van der Waals surface area contributed by atoms with Crippen LogP contribution in [-0.4, -0.2) is 16.7 Å². The number of halogens is 1. The number of thiophene rings is 1. The molecule has 0 unspecified atom stereocenters. The molecule has 1 aliphatic rings. The average Bonchev–Trinajstić information content (AvgIpc) is 3.02. The van der Waals surface area contributed by atoms with E-state index in [2.05, 4.69) is 10.5 Å². The van der Waals surface area contributed by atoms with Crippen molar-refractivity contribution in [1.29, 1.82) is 0 Å². The molecule has 0 spiro atoms. The van der Waals surface area contributed by atoms with E-state index < -0.39 is 5.82 Å². The topological polar surface area (TPSA) is 61.7 Å². The number of nitrogens with one attached hydrogen (secondary N) is 1. The van der Waals surface area contributed by atoms with Crippen molar-refractivity contribution in [2.45, 2.75) is 39.0 Å². The molecule has 1 heterocycles. The molecule has 24 heavy (non-hydrogen) atoms. The first-order chi connectivity index (χ1) is 11.6. The molecule has 1 aromatic heterocycles. The van der Waals surface area contributed by atoms with Gasteiger partial charge in [-0.2, -0.15) is 5.10 Å². The Balaban J connectivity index is 1.78. The van der Waals surface area contributed by atoms with Gasteiger partial charge in [-0.05, 0) is 61.9 Å². The van der Waals surface area contributed by atoms with E-state index in [4.69, 9.17) is 0 Å². The van der Waals surface area contributed by atoms with Crippen LogP contribution in [0.4, 0.5) is 4.39 Å². The number of phenols is 1. The molecule has 0 fully saturated rings. The molecule has 3 rings (SSSR count). The number of benzene rings is 1. The van der Waals surface area contributed by atoms with E-state index in [1.807, 2.05) is 13.0 Å². The van der Waals surface area contributed by atoms with Crippen molar-refractivity contribution in [1.82, 2.24) is 5.43 Å². The van der Waals surface area contributed by atoms with Crippen molar-refractivity contribution >= 4 is 23.0 Å². The quantitative estimate of drug-likeness (QED) is 0.649. The average molecular weight is 346 g/mol. The number of carbonyl (C=O) groups is 1. The van der Waals surface area contributed by atoms with Gasteiger partial charge in [-0.15, -0.1) is 11.3 Å². The highest BCUT2D eigenvalue weighted by Crippen LogP contribution is 2.29. The van der Waals surface area contributed by atoms with Gasteiger partial charge in [0.1, 0.15) is 11.6 Å². The van der Waals surface area contributed by atoms with Crippen molar-refractivity contribution in [3.63, 3.8) is 0 Å². The highest BCUT2D eigenvalue weighted by molar-refractivity contribution is 7.14. The summed E-state index contributed by atoms with van der Waals surface area (Å²) in [5.41, 5.74) is 4.52. The third kappa shape index (κ3) is 3.48. The number of hydrazone groups is 1. The molecular formula is C18H19FN2O2S. The van der Waals surface area contributed by atoms with Crippen LogP contribution in [0.25, 0.3) is 0 Å². The maximum Gasteiger partial charge on any atom is 0.281 e. The zero-order chi connectivity index (χ0) is 17.1. The number of carbonyl (C=O) groups excluding carboxylic acids is 1. The summed E-state index contributed by atoms with van der Waals surface area (Å²) >= 11 is 1.51. The zero-order valence-corrected chi connectivity index (χ0v) is 14.3. The fourth-order valence-corrected chi connectivity index (χ4v) is 3.99. The maximum atomic E-state index is 13.4. The third-order valence-electron chi connectivity index (χ3n) is 4.12. The predicted octanol–water partition coefficient (Wildman–Crippen LogP) is 4.02. The maximum absolute atomic E-state index is 13.4. The lowest BCUT2D eigenvalue weighted by molar-refractivity contribution is 0.0958. The van der Waals surface area contributed by atoms with E-state index in [1.165, 1.54) is 52.8 Å². The fourth-order valence-electron chi connectivity index (χ4n) is 2.85. The molecule has 126 valence electrons. The van der Waals surface area contributed by atoms with E-state index in [0.29, 0.717) is 22.6 Å². The van der Waals surface area contributed by atoms with Gasteiger partial charge in [0.2, 0.25) is 0 Å². The molecule has 6 heteroatoms. The van der Waals surface area contributed by atoms with E-state index in [9.17, 15) is 14.3 Å². The molecule has 0 radical (unpaired) electrons. The lowest BCUT2D eigenvalue weighted by atomic mass is 9.99. The Hall–Kier alpha value is -2.21. The Morgan fingerprint density at radius 3 is 2.88 bits per heavy atom. The van der Waals surface area contributed by atoms with Gasteiger partial charge in [0.15, 0.2) is 0 Å². The van der Waals surface area contributed by atoms with Crippen LogP contribution in [0.5, 0.6) is 5.75 Å². The molecule has 2 N–H and O–H groups in total. The van der Waals surface area contributed by atoms with Crippen molar-refractivity contribution in [2.24, 2.45) is 5.10 Å². The third-order valence-corrected chi connectivity index (χ3v) is 5.35. The Bertz CT molecular complexity index is 775. The van der Waals surface area contributed by atoms with Crippen LogP contribution >= 0.6 is 11.3 Å². The minimum absolute atomic E-state index is 0.0576. The smallest absolute Gasteiger partial charge is 0.281 e. The summed E-state index contributed by atoms with van der Waals surface area (Å²) in [5.74, 6) is -0.782. The highest BCUT2D eigenvalue weighted by atomic mass is 32.1. The SMILES string of the molecule is CCC(=NNC(=O)c1cc2c(s1)CCCC2)c1cc(F)ccc1O. The van der Waals surface area contributed by atoms with Gasteiger partial charge in [0, 0.05) is 10.4 Å². The van der Waals surface area contributed by atoms with Crippen LogP contribution < -0.4 is 5.43 Å². The summed E-state index contributed by atoms with van der Waals surface area (Å²) in [6.45, 7) is 1.83. The molecule has 0 saturated carbocycles. The standard InChI is InChI=1S/C18H19FN2O2S/c1-2-14(13-10-12(19)7-8-15(13)22)20-21-18(23)17-9-11-5-3-4-6-16(11)24-17/h7-10,22H,2-6H2,1H3,(H,21,23). The minimum Gasteiger partial charge on any atom is -0.507 e. The van der Waals surface area contributed by atoms with E-state index in [1.54, 1.807) is 0 Å². The number of aromatic hydroxyl groups is 1. The molecule has 1 amide bonds. The van der Waals surface area contributed by atoms with Gasteiger partial charge in [-0.25, -0.2) is 9.82 Å². The van der Waals surface area contributed by atoms with Crippen molar-refractivity contribution in [3.05, 3.63) is 51.0 Å². The van der Waals surface area contributed by atoms with Crippen molar-refractivity contribution in [3.8, 4) is 5.75 Å². The Morgan fingerprint density at radius 2 is 2.12 bits per heavy atom. The van der Waals surface area contributed by atoms with Gasteiger partial charge >= 0.3 is 0 Å². The summed E-state index contributed by atoms with van der Waals surface area (Å²) in [5, 5.41) is 14.0. The van der Waals surface area contributed by atoms with Gasteiger partial charge in [0.05, 0.1) is 10.6 Å². The monoisotopic (exact) mass is 346 g/mol. The second-order valence-corrected chi connectivity index (χ2v) is 6.92. The van der Waals surface area contributed by atoms with Crippen LogP contribution in [0.3, 0.4) is 0 Å². The number of hydrogen-bond acceptors (Lipinski definition) is 4. The van der Waals surface area contributed by atoms with Crippen LogP contribution in [0.1, 0.15) is 51.9 Å². The van der Waals surface area contributed by atoms with Crippen molar-refractivity contribution in [2.75, 3.05) is 0 Å².